The van der Waals surface area contributed by atoms with Gasteiger partial charge in [0.25, 0.3) is 5.91 Å². The summed E-state index contributed by atoms with van der Waals surface area (Å²) in [6, 6.07) is 9.75. The molecule has 3 rings (SSSR count). The van der Waals surface area contributed by atoms with Gasteiger partial charge in [0, 0.05) is 5.41 Å². The predicted octanol–water partition coefficient (Wildman–Crippen LogP) is 3.15. The molecule has 1 saturated heterocycles. The Labute approximate surface area is 129 Å². The lowest BCUT2D eigenvalue weighted by molar-refractivity contribution is -0.115. The molecule has 1 atom stereocenters. The van der Waals surface area contributed by atoms with Gasteiger partial charge < -0.3 is 5.32 Å². The lowest BCUT2D eigenvalue weighted by Gasteiger charge is -2.30. The molecule has 0 spiro atoms. The molecular weight excluding hydrogens is 276 g/mol. The van der Waals surface area contributed by atoms with E-state index in [0.29, 0.717) is 5.70 Å². The number of hydrogen-bond donors (Lipinski definition) is 2. The summed E-state index contributed by atoms with van der Waals surface area (Å²) in [6.07, 6.45) is 6.95. The van der Waals surface area contributed by atoms with E-state index in [2.05, 4.69) is 48.8 Å². The molecule has 0 saturated carbocycles. The number of allylic oxidation sites excluding steroid dienone is 5. The molecule has 0 bridgehead atoms. The van der Waals surface area contributed by atoms with E-state index in [4.69, 9.17) is 0 Å². The van der Waals surface area contributed by atoms with Crippen LogP contribution in [0.2, 0.25) is 0 Å². The van der Waals surface area contributed by atoms with Crippen LogP contribution in [0.1, 0.15) is 25.8 Å². The molecule has 2 aliphatic rings. The quantitative estimate of drug-likeness (QED) is 0.650. The van der Waals surface area contributed by atoms with Crippen LogP contribution >= 0.6 is 0 Å². The SMILES string of the molecule is CC1=CC(c2ccccc2)=CCC1(C)/C=C1\NC(=O)NC1=O. The molecule has 3 amide bonds. The largest absolute Gasteiger partial charge is 0.326 e. The third-order valence-electron chi connectivity index (χ3n) is 4.31. The number of urea groups is 1. The van der Waals surface area contributed by atoms with E-state index in [-0.39, 0.29) is 11.3 Å². The van der Waals surface area contributed by atoms with Crippen LogP contribution in [0.4, 0.5) is 4.79 Å². The van der Waals surface area contributed by atoms with Gasteiger partial charge in [-0.3, -0.25) is 10.1 Å². The zero-order valence-corrected chi connectivity index (χ0v) is 12.6. The van der Waals surface area contributed by atoms with Crippen molar-refractivity contribution in [2.75, 3.05) is 0 Å². The second-order valence-electron chi connectivity index (χ2n) is 5.94. The van der Waals surface area contributed by atoms with Crippen LogP contribution in [0.15, 0.2) is 59.8 Å². The highest BCUT2D eigenvalue weighted by molar-refractivity contribution is 6.11. The third kappa shape index (κ3) is 2.60. The summed E-state index contributed by atoms with van der Waals surface area (Å²) in [6.45, 7) is 4.13. The molecule has 1 unspecified atom stereocenters. The Morgan fingerprint density at radius 1 is 1.14 bits per heavy atom. The minimum absolute atomic E-state index is 0.275. The van der Waals surface area contributed by atoms with Gasteiger partial charge in [0.05, 0.1) is 0 Å². The van der Waals surface area contributed by atoms with Crippen LogP contribution in [-0.4, -0.2) is 11.9 Å². The molecule has 4 nitrogen and oxygen atoms in total. The lowest BCUT2D eigenvalue weighted by Crippen LogP contribution is -2.22. The standard InChI is InChI=1S/C18H18N2O2/c1-12-10-14(13-6-4-3-5-7-13)8-9-18(12,2)11-15-16(21)20-17(22)19-15/h3-8,10-11H,9H2,1-2H3,(H2,19,20,21,22)/b15-11-. The second kappa shape index (κ2) is 5.30. The van der Waals surface area contributed by atoms with Crippen molar-refractivity contribution in [3.63, 3.8) is 0 Å². The Morgan fingerprint density at radius 2 is 1.86 bits per heavy atom. The first-order valence-electron chi connectivity index (χ1n) is 7.27. The Kier molecular flexibility index (Phi) is 3.45. The van der Waals surface area contributed by atoms with E-state index < -0.39 is 6.03 Å². The highest BCUT2D eigenvalue weighted by atomic mass is 16.2. The number of benzene rings is 1. The van der Waals surface area contributed by atoms with E-state index in [0.717, 1.165) is 12.0 Å². The summed E-state index contributed by atoms with van der Waals surface area (Å²) < 4.78 is 0. The van der Waals surface area contributed by atoms with Crippen molar-refractivity contribution in [1.82, 2.24) is 10.6 Å². The van der Waals surface area contributed by atoms with Gasteiger partial charge in [-0.25, -0.2) is 4.79 Å². The van der Waals surface area contributed by atoms with Gasteiger partial charge in [0.15, 0.2) is 0 Å². The van der Waals surface area contributed by atoms with Crippen molar-refractivity contribution in [2.24, 2.45) is 5.41 Å². The fourth-order valence-corrected chi connectivity index (χ4v) is 2.75. The lowest BCUT2D eigenvalue weighted by atomic mass is 9.74. The first kappa shape index (κ1) is 14.3. The average Bonchev–Trinajstić information content (AvgIpc) is 2.81. The van der Waals surface area contributed by atoms with Crippen LogP contribution in [0.25, 0.3) is 5.57 Å². The minimum atomic E-state index is -0.460. The van der Waals surface area contributed by atoms with Crippen molar-refractivity contribution >= 4 is 17.5 Å². The Hall–Kier alpha value is -2.62. The number of rotatable bonds is 2. The molecule has 1 heterocycles. The molecule has 22 heavy (non-hydrogen) atoms. The van der Waals surface area contributed by atoms with E-state index in [1.165, 1.54) is 11.1 Å². The fourth-order valence-electron chi connectivity index (χ4n) is 2.75. The van der Waals surface area contributed by atoms with Gasteiger partial charge >= 0.3 is 6.03 Å². The molecule has 2 N–H and O–H groups in total. The van der Waals surface area contributed by atoms with Crippen LogP contribution in [0.3, 0.4) is 0 Å². The molecule has 4 heteroatoms. The molecule has 1 aliphatic heterocycles. The molecule has 1 aliphatic carbocycles. The van der Waals surface area contributed by atoms with Gasteiger partial charge in [0.1, 0.15) is 5.70 Å². The van der Waals surface area contributed by atoms with Gasteiger partial charge in [-0.2, -0.15) is 0 Å². The summed E-state index contributed by atoms with van der Waals surface area (Å²) in [4.78, 5) is 22.9. The highest BCUT2D eigenvalue weighted by Gasteiger charge is 2.31. The minimum Gasteiger partial charge on any atom is -0.303 e. The van der Waals surface area contributed by atoms with E-state index >= 15 is 0 Å². The predicted molar refractivity (Wildman–Crippen MR) is 85.7 cm³/mol. The second-order valence-corrected chi connectivity index (χ2v) is 5.94. The molecule has 112 valence electrons. The molecule has 1 fully saturated rings. The maximum atomic E-state index is 11.7. The monoisotopic (exact) mass is 294 g/mol. The summed E-state index contributed by atoms with van der Waals surface area (Å²) in [5.74, 6) is -0.364. The normalized spacial score (nSPS) is 26.4. The van der Waals surface area contributed by atoms with Crippen LogP contribution < -0.4 is 10.6 Å². The van der Waals surface area contributed by atoms with Crippen LogP contribution in [0.5, 0.6) is 0 Å². The van der Waals surface area contributed by atoms with E-state index in [9.17, 15) is 9.59 Å². The van der Waals surface area contributed by atoms with Gasteiger partial charge in [-0.05, 0) is 30.6 Å². The fraction of sp³-hybridized carbons (Fsp3) is 0.222. The van der Waals surface area contributed by atoms with E-state index in [1.807, 2.05) is 24.3 Å². The Bertz CT molecular complexity index is 729. The maximum absolute atomic E-state index is 11.7. The van der Waals surface area contributed by atoms with Crippen LogP contribution in [0, 0.1) is 5.41 Å². The summed E-state index contributed by atoms with van der Waals surface area (Å²) in [5.41, 5.74) is 3.59. The zero-order valence-electron chi connectivity index (χ0n) is 12.6. The van der Waals surface area contributed by atoms with Crippen molar-refractivity contribution in [1.29, 1.82) is 0 Å². The van der Waals surface area contributed by atoms with E-state index in [1.54, 1.807) is 0 Å². The smallest absolute Gasteiger partial charge is 0.303 e. The molecular formula is C18H18N2O2. The number of carbonyl (C=O) groups excluding carboxylic acids is 2. The number of carbonyl (C=O) groups is 2. The summed E-state index contributed by atoms with van der Waals surface area (Å²) in [5, 5.41) is 4.78. The third-order valence-corrected chi connectivity index (χ3v) is 4.31. The number of imide groups is 1. The summed E-state index contributed by atoms with van der Waals surface area (Å²) >= 11 is 0. The van der Waals surface area contributed by atoms with Crippen molar-refractivity contribution in [3.8, 4) is 0 Å². The average molecular weight is 294 g/mol. The van der Waals surface area contributed by atoms with Crippen molar-refractivity contribution in [3.05, 3.63) is 65.4 Å². The molecule has 0 aromatic heterocycles. The molecule has 1 aromatic rings. The van der Waals surface area contributed by atoms with Gasteiger partial charge in [-0.15, -0.1) is 0 Å². The van der Waals surface area contributed by atoms with Crippen molar-refractivity contribution < 1.29 is 9.59 Å². The first-order chi connectivity index (χ1) is 10.5. The molecule has 0 radical (unpaired) electrons. The Morgan fingerprint density at radius 3 is 2.45 bits per heavy atom. The van der Waals surface area contributed by atoms with Crippen molar-refractivity contribution in [2.45, 2.75) is 20.3 Å². The van der Waals surface area contributed by atoms with Crippen LogP contribution in [-0.2, 0) is 4.79 Å². The number of hydrogen-bond acceptors (Lipinski definition) is 2. The first-order valence-corrected chi connectivity index (χ1v) is 7.27. The molecule has 1 aromatic carbocycles. The van der Waals surface area contributed by atoms with Gasteiger partial charge in [0.2, 0.25) is 0 Å². The topological polar surface area (TPSA) is 58.2 Å². The summed E-state index contributed by atoms with van der Waals surface area (Å²) in [7, 11) is 0. The maximum Gasteiger partial charge on any atom is 0.326 e. The highest BCUT2D eigenvalue weighted by Crippen LogP contribution is 2.40. The number of nitrogens with one attached hydrogen (secondary N) is 2. The zero-order chi connectivity index (χ0) is 15.7. The Balaban J connectivity index is 1.88. The number of amides is 3. The van der Waals surface area contributed by atoms with Gasteiger partial charge in [-0.1, -0.05) is 55.0 Å².